The largest absolute Gasteiger partial charge is 0.478 e. The van der Waals surface area contributed by atoms with Crippen LogP contribution >= 0.6 is 0 Å². The Morgan fingerprint density at radius 1 is 1.38 bits per heavy atom. The van der Waals surface area contributed by atoms with Crippen LogP contribution in [0.25, 0.3) is 0 Å². The summed E-state index contributed by atoms with van der Waals surface area (Å²) in [5.74, 6) is -0.917. The first kappa shape index (κ1) is 12.4. The molecule has 3 heteroatoms. The quantitative estimate of drug-likeness (QED) is 0.737. The number of allylic oxidation sites excluding steroid dienone is 3. The molecule has 1 N–H and O–H groups in total. The van der Waals surface area contributed by atoms with Crippen molar-refractivity contribution in [2.45, 2.75) is 27.7 Å². The number of aliphatic imine (C=N–C) groups is 1. The average Bonchev–Trinajstić information content (AvgIpc) is 2.23. The molecule has 16 heavy (non-hydrogen) atoms. The van der Waals surface area contributed by atoms with Gasteiger partial charge in [-0.2, -0.15) is 0 Å². The molecule has 0 radical (unpaired) electrons. The molecule has 0 fully saturated rings. The number of hydrogen-bond donors (Lipinski definition) is 1. The molecular formula is C13H17NO2. The van der Waals surface area contributed by atoms with Gasteiger partial charge in [0.2, 0.25) is 0 Å². The normalized spacial score (nSPS) is 28.4. The van der Waals surface area contributed by atoms with E-state index >= 15 is 0 Å². The lowest BCUT2D eigenvalue weighted by molar-refractivity contribution is -0.132. The van der Waals surface area contributed by atoms with E-state index in [9.17, 15) is 4.79 Å². The molecule has 0 aromatic carbocycles. The molecule has 0 amide bonds. The standard InChI is InChI=1S/C13H17NO2/c1-9-8-11(12(15)16)6-5-7-14-10(2)13(9,3)4/h5-8H,1-4H3,(H,15,16)/b7-5+,9-8+,11-6+,14-10?. The van der Waals surface area contributed by atoms with Crippen LogP contribution in [0.2, 0.25) is 0 Å². The van der Waals surface area contributed by atoms with E-state index in [0.717, 1.165) is 11.3 Å². The van der Waals surface area contributed by atoms with Crippen molar-refractivity contribution < 1.29 is 9.90 Å². The number of carbonyl (C=O) groups is 1. The van der Waals surface area contributed by atoms with Crippen LogP contribution in [-0.4, -0.2) is 16.8 Å². The van der Waals surface area contributed by atoms with Crippen molar-refractivity contribution >= 4 is 11.7 Å². The van der Waals surface area contributed by atoms with E-state index in [-0.39, 0.29) is 11.0 Å². The maximum absolute atomic E-state index is 11.0. The first-order chi connectivity index (χ1) is 7.35. The Morgan fingerprint density at radius 3 is 2.56 bits per heavy atom. The molecule has 0 bridgehead atoms. The predicted octanol–water partition coefficient (Wildman–Crippen LogP) is 2.96. The van der Waals surface area contributed by atoms with Crippen LogP contribution in [0, 0.1) is 5.41 Å². The van der Waals surface area contributed by atoms with Gasteiger partial charge in [-0.1, -0.05) is 19.4 Å². The average molecular weight is 219 g/mol. The van der Waals surface area contributed by atoms with E-state index in [4.69, 9.17) is 5.11 Å². The van der Waals surface area contributed by atoms with Crippen LogP contribution < -0.4 is 0 Å². The third kappa shape index (κ3) is 2.48. The minimum absolute atomic E-state index is 0.219. The van der Waals surface area contributed by atoms with Gasteiger partial charge >= 0.3 is 5.97 Å². The molecule has 1 aliphatic heterocycles. The fourth-order valence-electron chi connectivity index (χ4n) is 1.34. The molecule has 0 saturated heterocycles. The summed E-state index contributed by atoms with van der Waals surface area (Å²) in [7, 11) is 0. The van der Waals surface area contributed by atoms with Crippen molar-refractivity contribution in [1.82, 2.24) is 0 Å². The van der Waals surface area contributed by atoms with Gasteiger partial charge in [0.1, 0.15) is 0 Å². The van der Waals surface area contributed by atoms with Crippen molar-refractivity contribution in [3.8, 4) is 0 Å². The fraction of sp³-hybridized carbons (Fsp3) is 0.385. The zero-order chi connectivity index (χ0) is 12.3. The van der Waals surface area contributed by atoms with Crippen molar-refractivity contribution in [3.63, 3.8) is 0 Å². The van der Waals surface area contributed by atoms with Crippen LogP contribution in [0.15, 0.2) is 40.6 Å². The fourth-order valence-corrected chi connectivity index (χ4v) is 1.34. The highest BCUT2D eigenvalue weighted by Gasteiger charge is 2.24. The lowest BCUT2D eigenvalue weighted by atomic mass is 9.80. The Morgan fingerprint density at radius 2 is 2.00 bits per heavy atom. The molecule has 0 saturated carbocycles. The maximum atomic E-state index is 11.0. The Hall–Kier alpha value is -1.64. The number of nitrogens with zero attached hydrogens (tertiary/aromatic N) is 1. The molecule has 3 nitrogen and oxygen atoms in total. The van der Waals surface area contributed by atoms with Gasteiger partial charge in [0, 0.05) is 17.3 Å². The number of rotatable bonds is 1. The van der Waals surface area contributed by atoms with Gasteiger partial charge in [0.15, 0.2) is 0 Å². The third-order valence-corrected chi connectivity index (χ3v) is 3.14. The van der Waals surface area contributed by atoms with Gasteiger partial charge in [-0.25, -0.2) is 4.79 Å². The number of aliphatic carboxylic acids is 1. The highest BCUT2D eigenvalue weighted by molar-refractivity contribution is 5.93. The minimum atomic E-state index is -0.917. The maximum Gasteiger partial charge on any atom is 0.335 e. The second kappa shape index (κ2) is 4.47. The Kier molecular flexibility index (Phi) is 3.48. The summed E-state index contributed by atoms with van der Waals surface area (Å²) in [6.45, 7) is 7.96. The highest BCUT2D eigenvalue weighted by atomic mass is 16.4. The number of carboxylic acids is 1. The SMILES string of the molecule is CC1=N/C=C/C=C(C(=O)O)\C=C(/C)C1(C)C. The summed E-state index contributed by atoms with van der Waals surface area (Å²) in [6.07, 6.45) is 6.55. The summed E-state index contributed by atoms with van der Waals surface area (Å²) in [4.78, 5) is 15.3. The van der Waals surface area contributed by atoms with Gasteiger partial charge in [0.25, 0.3) is 0 Å². The number of hydrogen-bond acceptors (Lipinski definition) is 2. The van der Waals surface area contributed by atoms with E-state index < -0.39 is 5.97 Å². The lowest BCUT2D eigenvalue weighted by Crippen LogP contribution is -2.23. The Labute approximate surface area is 95.9 Å². The first-order valence-corrected chi connectivity index (χ1v) is 5.19. The Balaban J connectivity index is 3.30. The number of carboxylic acid groups (broad SMARTS) is 1. The van der Waals surface area contributed by atoms with Crippen LogP contribution in [0.1, 0.15) is 27.7 Å². The molecular weight excluding hydrogens is 202 g/mol. The molecule has 1 heterocycles. The lowest BCUT2D eigenvalue weighted by Gasteiger charge is -2.25. The van der Waals surface area contributed by atoms with Crippen LogP contribution in [0.4, 0.5) is 0 Å². The smallest absolute Gasteiger partial charge is 0.335 e. The zero-order valence-electron chi connectivity index (χ0n) is 10.1. The summed E-state index contributed by atoms with van der Waals surface area (Å²) in [5, 5.41) is 9.02. The van der Waals surface area contributed by atoms with Gasteiger partial charge < -0.3 is 5.11 Å². The summed E-state index contributed by atoms with van der Waals surface area (Å²) >= 11 is 0. The van der Waals surface area contributed by atoms with Gasteiger partial charge in [0.05, 0.1) is 5.57 Å². The van der Waals surface area contributed by atoms with Crippen LogP contribution in [0.5, 0.6) is 0 Å². The topological polar surface area (TPSA) is 49.7 Å². The van der Waals surface area contributed by atoms with Gasteiger partial charge in [-0.3, -0.25) is 4.99 Å². The van der Waals surface area contributed by atoms with Crippen molar-refractivity contribution in [1.29, 1.82) is 0 Å². The molecule has 0 unspecified atom stereocenters. The van der Waals surface area contributed by atoms with E-state index in [1.165, 1.54) is 0 Å². The first-order valence-electron chi connectivity index (χ1n) is 5.19. The molecule has 1 aliphatic rings. The minimum Gasteiger partial charge on any atom is -0.478 e. The van der Waals surface area contributed by atoms with E-state index in [0.29, 0.717) is 0 Å². The van der Waals surface area contributed by atoms with Crippen LogP contribution in [0.3, 0.4) is 0 Å². The molecule has 0 spiro atoms. The van der Waals surface area contributed by atoms with Crippen molar-refractivity contribution in [3.05, 3.63) is 35.6 Å². The predicted molar refractivity (Wildman–Crippen MR) is 65.5 cm³/mol. The molecule has 86 valence electrons. The summed E-state index contributed by atoms with van der Waals surface area (Å²) in [5.41, 5.74) is 2.03. The zero-order valence-corrected chi connectivity index (χ0v) is 10.1. The molecule has 1 rings (SSSR count). The second-order valence-corrected chi connectivity index (χ2v) is 4.44. The molecule has 0 aromatic heterocycles. The van der Waals surface area contributed by atoms with Gasteiger partial charge in [-0.15, -0.1) is 0 Å². The van der Waals surface area contributed by atoms with Gasteiger partial charge in [-0.05, 0) is 32.1 Å². The van der Waals surface area contributed by atoms with Crippen molar-refractivity contribution in [2.24, 2.45) is 10.4 Å². The van der Waals surface area contributed by atoms with E-state index in [1.807, 2.05) is 27.7 Å². The summed E-state index contributed by atoms with van der Waals surface area (Å²) in [6, 6.07) is 0. The highest BCUT2D eigenvalue weighted by Crippen LogP contribution is 2.29. The second-order valence-electron chi connectivity index (χ2n) is 4.44. The Bertz CT molecular complexity index is 423. The monoisotopic (exact) mass is 219 g/mol. The summed E-state index contributed by atoms with van der Waals surface area (Å²) < 4.78 is 0. The van der Waals surface area contributed by atoms with E-state index in [2.05, 4.69) is 4.99 Å². The molecule has 0 aromatic rings. The molecule has 0 atom stereocenters. The van der Waals surface area contributed by atoms with Crippen molar-refractivity contribution in [2.75, 3.05) is 0 Å². The van der Waals surface area contributed by atoms with Crippen LogP contribution in [-0.2, 0) is 4.79 Å². The molecule has 0 aliphatic carbocycles. The third-order valence-electron chi connectivity index (χ3n) is 3.14. The van der Waals surface area contributed by atoms with E-state index in [1.54, 1.807) is 24.4 Å².